The molecule has 92 valence electrons. The molecule has 1 fully saturated rings. The monoisotopic (exact) mass is 242 g/mol. The van der Waals surface area contributed by atoms with Gasteiger partial charge in [0, 0.05) is 0 Å². The van der Waals surface area contributed by atoms with E-state index in [4.69, 9.17) is 0 Å². The van der Waals surface area contributed by atoms with Gasteiger partial charge >= 0.3 is 0 Å². The summed E-state index contributed by atoms with van der Waals surface area (Å²) >= 11 is 0. The van der Waals surface area contributed by atoms with Crippen LogP contribution < -0.4 is 0 Å². The van der Waals surface area contributed by atoms with E-state index in [1.54, 1.807) is 6.07 Å². The normalized spacial score (nSPS) is 15.4. The fourth-order valence-electron chi connectivity index (χ4n) is 2.40. The Kier molecular flexibility index (Phi) is 2.78. The topological polar surface area (TPSA) is 20.2 Å². The Bertz CT molecular complexity index is 573. The Morgan fingerprint density at radius 3 is 2.44 bits per heavy atom. The van der Waals surface area contributed by atoms with Crippen LogP contribution in [0, 0.1) is 5.82 Å². The molecule has 1 N–H and O–H groups in total. The number of aromatic hydroxyl groups is 1. The molecule has 0 amide bonds. The van der Waals surface area contributed by atoms with Gasteiger partial charge in [-0.1, -0.05) is 36.8 Å². The van der Waals surface area contributed by atoms with Gasteiger partial charge < -0.3 is 5.11 Å². The summed E-state index contributed by atoms with van der Waals surface area (Å²) in [7, 11) is 0. The molecule has 1 nitrogen and oxygen atoms in total. The number of halogens is 1. The standard InChI is InChI=1S/C16H15FO/c17-15-10-14(7-8-16(15)18)13-6-2-5-12(9-13)11-3-1-4-11/h2,5-11,18H,1,3-4H2. The van der Waals surface area contributed by atoms with Crippen LogP contribution in [-0.4, -0.2) is 5.11 Å². The Hall–Kier alpha value is -1.83. The number of phenolic OH excluding ortho intramolecular Hbond substituents is 1. The van der Waals surface area contributed by atoms with Crippen LogP contribution in [-0.2, 0) is 0 Å². The minimum Gasteiger partial charge on any atom is -0.505 e. The summed E-state index contributed by atoms with van der Waals surface area (Å²) < 4.78 is 13.4. The molecular weight excluding hydrogens is 227 g/mol. The predicted molar refractivity (Wildman–Crippen MR) is 70.1 cm³/mol. The van der Waals surface area contributed by atoms with Crippen molar-refractivity contribution in [2.45, 2.75) is 25.2 Å². The molecule has 0 unspecified atom stereocenters. The summed E-state index contributed by atoms with van der Waals surface area (Å²) in [5.74, 6) is -0.192. The highest BCUT2D eigenvalue weighted by Crippen LogP contribution is 2.37. The van der Waals surface area contributed by atoms with Gasteiger partial charge in [0.1, 0.15) is 0 Å². The van der Waals surface area contributed by atoms with E-state index >= 15 is 0 Å². The maximum absolute atomic E-state index is 13.4. The number of hydrogen-bond acceptors (Lipinski definition) is 1. The van der Waals surface area contributed by atoms with Crippen molar-refractivity contribution in [3.05, 3.63) is 53.8 Å². The van der Waals surface area contributed by atoms with E-state index in [0.717, 1.165) is 11.1 Å². The van der Waals surface area contributed by atoms with Crippen molar-refractivity contribution >= 4 is 0 Å². The Morgan fingerprint density at radius 1 is 1.00 bits per heavy atom. The first-order valence-electron chi connectivity index (χ1n) is 6.33. The van der Waals surface area contributed by atoms with Crippen molar-refractivity contribution in [3.63, 3.8) is 0 Å². The van der Waals surface area contributed by atoms with Crippen LogP contribution in [0.5, 0.6) is 5.75 Å². The van der Waals surface area contributed by atoms with Crippen LogP contribution in [0.15, 0.2) is 42.5 Å². The molecule has 2 heteroatoms. The second kappa shape index (κ2) is 4.45. The molecule has 1 saturated carbocycles. The molecule has 0 aromatic heterocycles. The molecule has 0 aliphatic heterocycles. The van der Waals surface area contributed by atoms with Crippen molar-refractivity contribution in [1.82, 2.24) is 0 Å². The van der Waals surface area contributed by atoms with Gasteiger partial charge in [-0.15, -0.1) is 0 Å². The first-order valence-corrected chi connectivity index (χ1v) is 6.33. The van der Waals surface area contributed by atoms with Gasteiger partial charge in [0.05, 0.1) is 0 Å². The third-order valence-electron chi connectivity index (χ3n) is 3.74. The van der Waals surface area contributed by atoms with E-state index < -0.39 is 5.82 Å². The molecule has 1 aliphatic rings. The summed E-state index contributed by atoms with van der Waals surface area (Å²) in [6, 6.07) is 12.8. The molecule has 0 spiro atoms. The summed E-state index contributed by atoms with van der Waals surface area (Å²) in [6.45, 7) is 0. The number of phenols is 1. The summed E-state index contributed by atoms with van der Waals surface area (Å²) in [4.78, 5) is 0. The van der Waals surface area contributed by atoms with Crippen LogP contribution in [0.4, 0.5) is 4.39 Å². The zero-order valence-electron chi connectivity index (χ0n) is 10.1. The van der Waals surface area contributed by atoms with Gasteiger partial charge in [-0.05, 0) is 47.6 Å². The SMILES string of the molecule is Oc1ccc(-c2cccc(C3CCC3)c2)cc1F. The van der Waals surface area contributed by atoms with Crippen LogP contribution in [0.3, 0.4) is 0 Å². The van der Waals surface area contributed by atoms with Crippen molar-refractivity contribution in [1.29, 1.82) is 0 Å². The van der Waals surface area contributed by atoms with Gasteiger partial charge in [0.25, 0.3) is 0 Å². The van der Waals surface area contributed by atoms with Crippen LogP contribution in [0.2, 0.25) is 0 Å². The minimum absolute atomic E-state index is 0.297. The molecule has 2 aromatic carbocycles. The number of benzene rings is 2. The Balaban J connectivity index is 1.97. The summed E-state index contributed by atoms with van der Waals surface area (Å²) in [6.07, 6.45) is 3.82. The first kappa shape index (κ1) is 11.3. The highest BCUT2D eigenvalue weighted by molar-refractivity contribution is 5.65. The molecule has 0 heterocycles. The first-order chi connectivity index (χ1) is 8.74. The molecule has 2 aromatic rings. The van der Waals surface area contributed by atoms with Crippen molar-refractivity contribution in [3.8, 4) is 16.9 Å². The lowest BCUT2D eigenvalue weighted by atomic mass is 9.79. The lowest BCUT2D eigenvalue weighted by Crippen LogP contribution is -2.08. The van der Waals surface area contributed by atoms with Crippen molar-refractivity contribution in [2.75, 3.05) is 0 Å². The highest BCUT2D eigenvalue weighted by atomic mass is 19.1. The second-order valence-electron chi connectivity index (χ2n) is 4.92. The molecule has 18 heavy (non-hydrogen) atoms. The van der Waals surface area contributed by atoms with Crippen LogP contribution >= 0.6 is 0 Å². The predicted octanol–water partition coefficient (Wildman–Crippen LogP) is 4.47. The van der Waals surface area contributed by atoms with Gasteiger partial charge in [-0.2, -0.15) is 0 Å². The largest absolute Gasteiger partial charge is 0.505 e. The lowest BCUT2D eigenvalue weighted by Gasteiger charge is -2.26. The maximum atomic E-state index is 13.4. The number of rotatable bonds is 2. The van der Waals surface area contributed by atoms with E-state index in [2.05, 4.69) is 12.1 Å². The average molecular weight is 242 g/mol. The Morgan fingerprint density at radius 2 is 1.78 bits per heavy atom. The quantitative estimate of drug-likeness (QED) is 0.824. The third-order valence-corrected chi connectivity index (χ3v) is 3.74. The molecule has 0 saturated heterocycles. The molecule has 3 rings (SSSR count). The summed E-state index contributed by atoms with van der Waals surface area (Å²) in [5, 5.41) is 9.21. The molecule has 0 radical (unpaired) electrons. The van der Waals surface area contributed by atoms with Crippen molar-refractivity contribution in [2.24, 2.45) is 0 Å². The second-order valence-corrected chi connectivity index (χ2v) is 4.92. The Labute approximate surface area is 106 Å². The van der Waals surface area contributed by atoms with E-state index in [0.29, 0.717) is 5.92 Å². The maximum Gasteiger partial charge on any atom is 0.165 e. The smallest absolute Gasteiger partial charge is 0.165 e. The fourth-order valence-corrected chi connectivity index (χ4v) is 2.40. The van der Waals surface area contributed by atoms with Crippen LogP contribution in [0.1, 0.15) is 30.7 Å². The highest BCUT2D eigenvalue weighted by Gasteiger charge is 2.19. The van der Waals surface area contributed by atoms with E-state index in [-0.39, 0.29) is 5.75 Å². The van der Waals surface area contributed by atoms with Crippen LogP contribution in [0.25, 0.3) is 11.1 Å². The van der Waals surface area contributed by atoms with E-state index in [1.807, 2.05) is 12.1 Å². The molecule has 0 bridgehead atoms. The lowest BCUT2D eigenvalue weighted by molar-refractivity contribution is 0.420. The van der Waals surface area contributed by atoms with Gasteiger partial charge in [-0.3, -0.25) is 0 Å². The van der Waals surface area contributed by atoms with Crippen molar-refractivity contribution < 1.29 is 9.50 Å². The zero-order chi connectivity index (χ0) is 12.5. The third kappa shape index (κ3) is 1.99. The number of hydrogen-bond donors (Lipinski definition) is 1. The van der Waals surface area contributed by atoms with Gasteiger partial charge in [0.2, 0.25) is 0 Å². The zero-order valence-corrected chi connectivity index (χ0v) is 10.1. The molecular formula is C16H15FO. The minimum atomic E-state index is -0.568. The molecule has 0 atom stereocenters. The summed E-state index contributed by atoms with van der Waals surface area (Å²) in [5.41, 5.74) is 3.16. The average Bonchev–Trinajstić information content (AvgIpc) is 2.31. The van der Waals surface area contributed by atoms with E-state index in [1.165, 1.54) is 37.0 Å². The van der Waals surface area contributed by atoms with Gasteiger partial charge in [-0.25, -0.2) is 4.39 Å². The molecule has 1 aliphatic carbocycles. The van der Waals surface area contributed by atoms with Gasteiger partial charge in [0.15, 0.2) is 11.6 Å². The fraction of sp³-hybridized carbons (Fsp3) is 0.250. The van der Waals surface area contributed by atoms with E-state index in [9.17, 15) is 9.50 Å².